The van der Waals surface area contributed by atoms with Gasteiger partial charge in [0.05, 0.1) is 18.9 Å². The first-order valence-electron chi connectivity index (χ1n) is 7.03. The molecule has 1 aliphatic rings. The quantitative estimate of drug-likeness (QED) is 0.892. The molecule has 0 amide bonds. The maximum atomic E-state index is 9.44. The van der Waals surface area contributed by atoms with Gasteiger partial charge in [-0.3, -0.25) is 0 Å². The van der Waals surface area contributed by atoms with Crippen molar-refractivity contribution in [3.8, 4) is 11.8 Å². The summed E-state index contributed by atoms with van der Waals surface area (Å²) in [6.45, 7) is 2.28. The molecular weight excluding hydrogens is 236 g/mol. The summed E-state index contributed by atoms with van der Waals surface area (Å²) >= 11 is 0. The Kier molecular flexibility index (Phi) is 4.68. The molecule has 0 aliphatic heterocycles. The molecule has 0 spiro atoms. The average Bonchev–Trinajstić information content (AvgIpc) is 2.45. The molecule has 1 aromatic rings. The normalized spacial score (nSPS) is 24.3. The number of nitrogens with zero attached hydrogens (tertiary/aromatic N) is 1. The van der Waals surface area contributed by atoms with Gasteiger partial charge in [0.1, 0.15) is 11.8 Å². The molecular formula is C16H22N2O. The first-order valence-corrected chi connectivity index (χ1v) is 7.03. The first kappa shape index (κ1) is 13.7. The minimum absolute atomic E-state index is 0.126. The molecule has 0 saturated heterocycles. The topological polar surface area (TPSA) is 45.0 Å². The Morgan fingerprint density at radius 1 is 1.37 bits per heavy atom. The number of hydrogen-bond donors (Lipinski definition) is 1. The number of para-hydroxylation sites is 2. The van der Waals surface area contributed by atoms with Gasteiger partial charge in [-0.1, -0.05) is 31.9 Å². The minimum atomic E-state index is -0.126. The Labute approximate surface area is 115 Å². The number of anilines is 1. The van der Waals surface area contributed by atoms with Gasteiger partial charge in [0.15, 0.2) is 0 Å². The van der Waals surface area contributed by atoms with Crippen molar-refractivity contribution in [2.24, 2.45) is 11.8 Å². The third-order valence-corrected chi connectivity index (χ3v) is 4.01. The number of rotatable bonds is 4. The Bertz CT molecular complexity index is 452. The highest BCUT2D eigenvalue weighted by atomic mass is 16.5. The zero-order valence-corrected chi connectivity index (χ0v) is 11.7. The number of hydrogen-bond acceptors (Lipinski definition) is 3. The van der Waals surface area contributed by atoms with Crippen molar-refractivity contribution in [2.45, 2.75) is 38.6 Å². The summed E-state index contributed by atoms with van der Waals surface area (Å²) in [5, 5.41) is 12.8. The van der Waals surface area contributed by atoms with E-state index in [0.717, 1.165) is 30.2 Å². The molecule has 3 nitrogen and oxygen atoms in total. The maximum Gasteiger partial charge on any atom is 0.141 e. The lowest BCUT2D eigenvalue weighted by Gasteiger charge is -2.30. The second-order valence-corrected chi connectivity index (χ2v) is 5.48. The molecule has 1 N–H and O–H groups in total. The fourth-order valence-electron chi connectivity index (χ4n) is 2.97. The number of benzene rings is 1. The van der Waals surface area contributed by atoms with E-state index in [2.05, 4.69) is 18.3 Å². The lowest BCUT2D eigenvalue weighted by atomic mass is 9.79. The number of ether oxygens (including phenoxy) is 1. The highest BCUT2D eigenvalue weighted by Crippen LogP contribution is 2.33. The summed E-state index contributed by atoms with van der Waals surface area (Å²) in [4.78, 5) is 0. The molecule has 3 unspecified atom stereocenters. The van der Waals surface area contributed by atoms with Crippen molar-refractivity contribution in [1.29, 1.82) is 5.26 Å². The average molecular weight is 258 g/mol. The van der Waals surface area contributed by atoms with Gasteiger partial charge >= 0.3 is 0 Å². The van der Waals surface area contributed by atoms with E-state index < -0.39 is 0 Å². The molecule has 3 atom stereocenters. The molecule has 1 fully saturated rings. The largest absolute Gasteiger partial charge is 0.495 e. The zero-order chi connectivity index (χ0) is 13.7. The number of nitrogens with one attached hydrogen (secondary N) is 1. The van der Waals surface area contributed by atoms with Crippen LogP contribution < -0.4 is 10.1 Å². The van der Waals surface area contributed by atoms with E-state index in [1.165, 1.54) is 12.8 Å². The van der Waals surface area contributed by atoms with Crippen molar-refractivity contribution in [3.05, 3.63) is 24.3 Å². The SMILES string of the molecule is COc1ccccc1NC(C#N)C1CCCC(C)C1. The molecule has 1 saturated carbocycles. The van der Waals surface area contributed by atoms with Crippen LogP contribution in [0.1, 0.15) is 32.6 Å². The lowest BCUT2D eigenvalue weighted by molar-refractivity contribution is 0.274. The monoisotopic (exact) mass is 258 g/mol. The van der Waals surface area contributed by atoms with E-state index >= 15 is 0 Å². The standard InChI is InChI=1S/C16H22N2O/c1-12-6-5-7-13(10-12)15(11-17)18-14-8-3-4-9-16(14)19-2/h3-4,8-9,12-13,15,18H,5-7,10H2,1-2H3. The lowest BCUT2D eigenvalue weighted by Crippen LogP contribution is -2.31. The third-order valence-electron chi connectivity index (χ3n) is 4.01. The molecule has 0 bridgehead atoms. The summed E-state index contributed by atoms with van der Waals surface area (Å²) in [6.07, 6.45) is 4.81. The Hall–Kier alpha value is -1.69. The Morgan fingerprint density at radius 3 is 2.84 bits per heavy atom. The van der Waals surface area contributed by atoms with E-state index in [-0.39, 0.29) is 6.04 Å². The predicted octanol–water partition coefficient (Wildman–Crippen LogP) is 3.83. The van der Waals surface area contributed by atoms with E-state index in [4.69, 9.17) is 4.74 Å². The van der Waals surface area contributed by atoms with Crippen LogP contribution in [0.25, 0.3) is 0 Å². The smallest absolute Gasteiger partial charge is 0.141 e. The molecule has 19 heavy (non-hydrogen) atoms. The van der Waals surface area contributed by atoms with Gasteiger partial charge < -0.3 is 10.1 Å². The fraction of sp³-hybridized carbons (Fsp3) is 0.562. The second-order valence-electron chi connectivity index (χ2n) is 5.48. The molecule has 1 aliphatic carbocycles. The van der Waals surface area contributed by atoms with Crippen LogP contribution in [0, 0.1) is 23.2 Å². The maximum absolute atomic E-state index is 9.44. The van der Waals surface area contributed by atoms with E-state index in [1.54, 1.807) is 7.11 Å². The molecule has 2 rings (SSSR count). The van der Waals surface area contributed by atoms with Crippen LogP contribution in [0.4, 0.5) is 5.69 Å². The zero-order valence-electron chi connectivity index (χ0n) is 11.7. The van der Waals surface area contributed by atoms with Gasteiger partial charge in [-0.15, -0.1) is 0 Å². The van der Waals surface area contributed by atoms with E-state index in [9.17, 15) is 5.26 Å². The van der Waals surface area contributed by atoms with Gasteiger partial charge in [-0.2, -0.15) is 5.26 Å². The van der Waals surface area contributed by atoms with Crippen LogP contribution >= 0.6 is 0 Å². The molecule has 0 radical (unpaired) electrons. The summed E-state index contributed by atoms with van der Waals surface area (Å²) in [5.41, 5.74) is 0.912. The molecule has 0 aromatic heterocycles. The van der Waals surface area contributed by atoms with Gasteiger partial charge in [-0.05, 0) is 36.8 Å². The molecule has 1 aromatic carbocycles. The fourth-order valence-corrected chi connectivity index (χ4v) is 2.97. The van der Waals surface area contributed by atoms with Crippen LogP contribution in [0.3, 0.4) is 0 Å². The van der Waals surface area contributed by atoms with Crippen LogP contribution in [0.5, 0.6) is 5.75 Å². The van der Waals surface area contributed by atoms with Crippen LogP contribution in [-0.2, 0) is 0 Å². The molecule has 0 heterocycles. The molecule has 3 heteroatoms. The Morgan fingerprint density at radius 2 is 2.16 bits per heavy atom. The van der Waals surface area contributed by atoms with Gasteiger partial charge in [0, 0.05) is 0 Å². The third kappa shape index (κ3) is 3.41. The molecule has 102 valence electrons. The van der Waals surface area contributed by atoms with Crippen molar-refractivity contribution < 1.29 is 4.74 Å². The summed E-state index contributed by atoms with van der Waals surface area (Å²) in [7, 11) is 1.66. The highest BCUT2D eigenvalue weighted by Gasteiger charge is 2.27. The summed E-state index contributed by atoms with van der Waals surface area (Å²) < 4.78 is 5.33. The summed E-state index contributed by atoms with van der Waals surface area (Å²) in [5.74, 6) is 1.97. The van der Waals surface area contributed by atoms with Crippen molar-refractivity contribution >= 4 is 5.69 Å². The minimum Gasteiger partial charge on any atom is -0.495 e. The Balaban J connectivity index is 2.08. The van der Waals surface area contributed by atoms with Crippen molar-refractivity contribution in [1.82, 2.24) is 0 Å². The van der Waals surface area contributed by atoms with Crippen LogP contribution in [0.2, 0.25) is 0 Å². The van der Waals surface area contributed by atoms with E-state index in [0.29, 0.717) is 5.92 Å². The predicted molar refractivity (Wildman–Crippen MR) is 77.1 cm³/mol. The van der Waals surface area contributed by atoms with Gasteiger partial charge in [-0.25, -0.2) is 0 Å². The second kappa shape index (κ2) is 6.47. The van der Waals surface area contributed by atoms with Crippen LogP contribution in [-0.4, -0.2) is 13.2 Å². The van der Waals surface area contributed by atoms with Gasteiger partial charge in [0.2, 0.25) is 0 Å². The van der Waals surface area contributed by atoms with E-state index in [1.807, 2.05) is 24.3 Å². The number of nitriles is 1. The number of methoxy groups -OCH3 is 1. The summed E-state index contributed by atoms with van der Waals surface area (Å²) in [6, 6.07) is 10.1. The highest BCUT2D eigenvalue weighted by molar-refractivity contribution is 5.57. The first-order chi connectivity index (χ1) is 9.24. The van der Waals surface area contributed by atoms with Crippen LogP contribution in [0.15, 0.2) is 24.3 Å². The van der Waals surface area contributed by atoms with Gasteiger partial charge in [0.25, 0.3) is 0 Å². The van der Waals surface area contributed by atoms with Crippen molar-refractivity contribution in [2.75, 3.05) is 12.4 Å². The van der Waals surface area contributed by atoms with Crippen molar-refractivity contribution in [3.63, 3.8) is 0 Å².